The molecule has 124 valence electrons. The average Bonchev–Trinajstić information content (AvgIpc) is 3.00. The van der Waals surface area contributed by atoms with Gasteiger partial charge < -0.3 is 20.1 Å². The predicted molar refractivity (Wildman–Crippen MR) is 88.7 cm³/mol. The number of nitrogens with one attached hydrogen (secondary N) is 2. The quantitative estimate of drug-likeness (QED) is 0.749. The van der Waals surface area contributed by atoms with E-state index < -0.39 is 0 Å². The predicted octanol–water partition coefficient (Wildman–Crippen LogP) is 1.81. The van der Waals surface area contributed by atoms with Gasteiger partial charge in [-0.15, -0.1) is 12.4 Å². The molecule has 1 aliphatic heterocycles. The van der Waals surface area contributed by atoms with Crippen molar-refractivity contribution in [3.8, 4) is 5.75 Å². The van der Waals surface area contributed by atoms with E-state index in [0.29, 0.717) is 19.8 Å². The third kappa shape index (κ3) is 5.48. The van der Waals surface area contributed by atoms with Gasteiger partial charge in [0.05, 0.1) is 12.6 Å². The number of benzene rings is 1. The third-order valence-electron chi connectivity index (χ3n) is 3.60. The zero-order chi connectivity index (χ0) is 15.1. The number of methoxy groups -OCH3 is 1. The number of aryl methyl sites for hydroxylation is 1. The van der Waals surface area contributed by atoms with Gasteiger partial charge >= 0.3 is 0 Å². The summed E-state index contributed by atoms with van der Waals surface area (Å²) in [6, 6.07) is 5.97. The first kappa shape index (κ1) is 18.7. The summed E-state index contributed by atoms with van der Waals surface area (Å²) < 4.78 is 10.7. The highest BCUT2D eigenvalue weighted by Gasteiger charge is 2.21. The third-order valence-corrected chi connectivity index (χ3v) is 3.60. The second-order valence-corrected chi connectivity index (χ2v) is 5.32. The molecule has 1 atom stereocenters. The van der Waals surface area contributed by atoms with Crippen LogP contribution in [-0.4, -0.2) is 38.8 Å². The highest BCUT2D eigenvalue weighted by molar-refractivity contribution is 5.85. The van der Waals surface area contributed by atoms with Crippen molar-refractivity contribution in [1.82, 2.24) is 10.6 Å². The Morgan fingerprint density at radius 3 is 2.91 bits per heavy atom. The van der Waals surface area contributed by atoms with Crippen molar-refractivity contribution in [3.05, 3.63) is 29.3 Å². The van der Waals surface area contributed by atoms with E-state index in [-0.39, 0.29) is 24.4 Å². The molecule has 0 aromatic heterocycles. The van der Waals surface area contributed by atoms with Crippen molar-refractivity contribution >= 4 is 18.3 Å². The van der Waals surface area contributed by atoms with Crippen LogP contribution in [0.15, 0.2) is 18.2 Å². The van der Waals surface area contributed by atoms with E-state index in [4.69, 9.17) is 9.47 Å². The molecule has 0 radical (unpaired) electrons. The van der Waals surface area contributed by atoms with Crippen LogP contribution in [0, 0.1) is 6.92 Å². The Kier molecular flexibility index (Phi) is 8.24. The van der Waals surface area contributed by atoms with Crippen LogP contribution < -0.4 is 15.4 Å². The molecule has 0 aliphatic carbocycles. The minimum absolute atomic E-state index is 0. The Bertz CT molecular complexity index is 476. The minimum atomic E-state index is -0.0479. The average molecular weight is 329 g/mol. The van der Waals surface area contributed by atoms with E-state index in [1.807, 2.05) is 25.1 Å². The van der Waals surface area contributed by atoms with E-state index >= 15 is 0 Å². The van der Waals surface area contributed by atoms with E-state index in [2.05, 4.69) is 10.6 Å². The molecule has 1 aromatic carbocycles. The van der Waals surface area contributed by atoms with E-state index in [1.165, 1.54) is 0 Å². The molecule has 5 nitrogen and oxygen atoms in total. The number of ether oxygens (including phenoxy) is 2. The highest BCUT2D eigenvalue weighted by Crippen LogP contribution is 2.20. The lowest BCUT2D eigenvalue weighted by atomic mass is 10.1. The fourth-order valence-electron chi connectivity index (χ4n) is 2.39. The second-order valence-electron chi connectivity index (χ2n) is 5.32. The van der Waals surface area contributed by atoms with Gasteiger partial charge in [0, 0.05) is 19.2 Å². The topological polar surface area (TPSA) is 59.6 Å². The summed E-state index contributed by atoms with van der Waals surface area (Å²) in [5, 5.41) is 6.18. The summed E-state index contributed by atoms with van der Waals surface area (Å²) in [6.07, 6.45) is 1.98. The summed E-state index contributed by atoms with van der Waals surface area (Å²) in [5.74, 6) is 0.877. The van der Waals surface area contributed by atoms with Gasteiger partial charge in [-0.1, -0.05) is 12.1 Å². The van der Waals surface area contributed by atoms with E-state index in [0.717, 1.165) is 36.3 Å². The van der Waals surface area contributed by atoms with Crippen molar-refractivity contribution in [2.75, 3.05) is 26.9 Å². The fraction of sp³-hybridized carbons (Fsp3) is 0.562. The fourth-order valence-corrected chi connectivity index (χ4v) is 2.39. The number of halogens is 1. The van der Waals surface area contributed by atoms with Gasteiger partial charge in [-0.05, 0) is 37.9 Å². The van der Waals surface area contributed by atoms with E-state index in [9.17, 15) is 4.79 Å². The SMILES string of the molecule is COCCOc1cc(C)ccc1CNC(=O)C1CCCN1.Cl. The zero-order valence-electron chi connectivity index (χ0n) is 13.2. The lowest BCUT2D eigenvalue weighted by molar-refractivity contribution is -0.122. The van der Waals surface area contributed by atoms with Gasteiger partial charge in [-0.2, -0.15) is 0 Å². The Balaban J connectivity index is 0.00000242. The normalized spacial score (nSPS) is 16.9. The van der Waals surface area contributed by atoms with E-state index in [1.54, 1.807) is 7.11 Å². The van der Waals surface area contributed by atoms with Gasteiger partial charge in [-0.3, -0.25) is 4.79 Å². The molecule has 1 amide bonds. The molecule has 1 unspecified atom stereocenters. The van der Waals surface area contributed by atoms with Crippen LogP contribution in [0.25, 0.3) is 0 Å². The van der Waals surface area contributed by atoms with Gasteiger partial charge in [0.1, 0.15) is 12.4 Å². The number of rotatable bonds is 7. The summed E-state index contributed by atoms with van der Waals surface area (Å²) in [7, 11) is 1.65. The van der Waals surface area contributed by atoms with Crippen LogP contribution >= 0.6 is 12.4 Å². The zero-order valence-corrected chi connectivity index (χ0v) is 14.0. The molecule has 2 N–H and O–H groups in total. The number of hydrogen-bond donors (Lipinski definition) is 2. The Morgan fingerprint density at radius 1 is 1.41 bits per heavy atom. The Hall–Kier alpha value is -1.30. The molecule has 1 heterocycles. The number of hydrogen-bond acceptors (Lipinski definition) is 4. The standard InChI is InChI=1S/C16H24N2O3.ClH/c1-12-5-6-13(15(10-12)21-9-8-20-2)11-18-16(19)14-4-3-7-17-14;/h5-6,10,14,17H,3-4,7-9,11H2,1-2H3,(H,18,19);1H. The van der Waals surface area contributed by atoms with Gasteiger partial charge in [0.2, 0.25) is 5.91 Å². The lowest BCUT2D eigenvalue weighted by Crippen LogP contribution is -2.40. The Morgan fingerprint density at radius 2 is 2.23 bits per heavy atom. The first-order valence-electron chi connectivity index (χ1n) is 7.43. The molecule has 1 aromatic rings. The van der Waals surface area contributed by atoms with Crippen LogP contribution in [-0.2, 0) is 16.1 Å². The molecule has 1 saturated heterocycles. The second kappa shape index (κ2) is 9.66. The summed E-state index contributed by atoms with van der Waals surface area (Å²) >= 11 is 0. The van der Waals surface area contributed by atoms with Gasteiger partial charge in [0.15, 0.2) is 0 Å². The molecule has 1 aliphatic rings. The van der Waals surface area contributed by atoms with Crippen LogP contribution in [0.1, 0.15) is 24.0 Å². The Labute approximate surface area is 138 Å². The van der Waals surface area contributed by atoms with Crippen LogP contribution in [0.3, 0.4) is 0 Å². The maximum Gasteiger partial charge on any atom is 0.237 e. The maximum absolute atomic E-state index is 12.0. The monoisotopic (exact) mass is 328 g/mol. The molecular weight excluding hydrogens is 304 g/mol. The molecular formula is C16H25ClN2O3. The van der Waals surface area contributed by atoms with Crippen LogP contribution in [0.2, 0.25) is 0 Å². The van der Waals surface area contributed by atoms with Crippen LogP contribution in [0.5, 0.6) is 5.75 Å². The largest absolute Gasteiger partial charge is 0.491 e. The smallest absolute Gasteiger partial charge is 0.237 e. The summed E-state index contributed by atoms with van der Waals surface area (Å²) in [6.45, 7) is 4.48. The number of carbonyl (C=O) groups excluding carboxylic acids is 1. The molecule has 0 bridgehead atoms. The molecule has 0 saturated carbocycles. The molecule has 1 fully saturated rings. The van der Waals surface area contributed by atoms with Crippen molar-refractivity contribution < 1.29 is 14.3 Å². The van der Waals surface area contributed by atoms with Crippen molar-refractivity contribution in [2.45, 2.75) is 32.4 Å². The molecule has 2 rings (SSSR count). The summed E-state index contributed by atoms with van der Waals surface area (Å²) in [5.41, 5.74) is 2.12. The lowest BCUT2D eigenvalue weighted by Gasteiger charge is -2.15. The minimum Gasteiger partial charge on any atom is -0.491 e. The molecule has 6 heteroatoms. The van der Waals surface area contributed by atoms with Crippen molar-refractivity contribution in [3.63, 3.8) is 0 Å². The summed E-state index contributed by atoms with van der Waals surface area (Å²) in [4.78, 5) is 12.0. The first-order valence-corrected chi connectivity index (χ1v) is 7.43. The van der Waals surface area contributed by atoms with Crippen LogP contribution in [0.4, 0.5) is 0 Å². The maximum atomic E-state index is 12.0. The van der Waals surface area contributed by atoms with Crippen molar-refractivity contribution in [1.29, 1.82) is 0 Å². The van der Waals surface area contributed by atoms with Crippen molar-refractivity contribution in [2.24, 2.45) is 0 Å². The number of carbonyl (C=O) groups is 1. The molecule has 22 heavy (non-hydrogen) atoms. The molecule has 0 spiro atoms. The number of amides is 1. The van der Waals surface area contributed by atoms with Gasteiger partial charge in [-0.25, -0.2) is 0 Å². The van der Waals surface area contributed by atoms with Gasteiger partial charge in [0.25, 0.3) is 0 Å². The first-order chi connectivity index (χ1) is 10.2. The highest BCUT2D eigenvalue weighted by atomic mass is 35.5.